The van der Waals surface area contributed by atoms with Crippen LogP contribution in [-0.2, 0) is 46.6 Å². The van der Waals surface area contributed by atoms with Gasteiger partial charge < -0.3 is 14.8 Å². The summed E-state index contributed by atoms with van der Waals surface area (Å²) in [5, 5.41) is 13.7. The minimum absolute atomic E-state index is 0.0678. The van der Waals surface area contributed by atoms with Crippen molar-refractivity contribution < 1.29 is 14.3 Å². The van der Waals surface area contributed by atoms with Gasteiger partial charge in [0.15, 0.2) is 5.78 Å². The first-order valence-electron chi connectivity index (χ1n) is 11.0. The lowest BCUT2D eigenvalue weighted by Gasteiger charge is -2.26. The Morgan fingerprint density at radius 3 is 2.81 bits per heavy atom. The summed E-state index contributed by atoms with van der Waals surface area (Å²) in [5.41, 5.74) is 5.34. The van der Waals surface area contributed by atoms with Gasteiger partial charge in [-0.1, -0.05) is 29.5 Å². The predicted octanol–water partition coefficient (Wildman–Crippen LogP) is 1.83. The molecule has 2 aliphatic rings. The SMILES string of the molecule is C[C@H](OCCc1c[nH]nn1)C(=O)C1Cc2cnc(NC3Cc4ccccc4C3)nc2CO1. The first-order valence-corrected chi connectivity index (χ1v) is 11.0. The van der Waals surface area contributed by atoms with Crippen LogP contribution in [-0.4, -0.2) is 56.0 Å². The van der Waals surface area contributed by atoms with Gasteiger partial charge in [0.2, 0.25) is 5.95 Å². The maximum Gasteiger partial charge on any atom is 0.223 e. The van der Waals surface area contributed by atoms with Gasteiger partial charge in [-0.2, -0.15) is 0 Å². The second kappa shape index (κ2) is 9.13. The summed E-state index contributed by atoms with van der Waals surface area (Å²) in [5.74, 6) is 0.543. The zero-order chi connectivity index (χ0) is 21.9. The molecule has 0 spiro atoms. The Balaban J connectivity index is 1.14. The van der Waals surface area contributed by atoms with Crippen molar-refractivity contribution in [3.63, 3.8) is 0 Å². The molecule has 0 radical (unpaired) electrons. The summed E-state index contributed by atoms with van der Waals surface area (Å²) in [7, 11) is 0. The van der Waals surface area contributed by atoms with Gasteiger partial charge in [0.1, 0.15) is 12.2 Å². The number of benzene rings is 1. The molecule has 2 N–H and O–H groups in total. The molecule has 0 saturated heterocycles. The van der Waals surface area contributed by atoms with Crippen LogP contribution in [0.4, 0.5) is 5.95 Å². The first kappa shape index (κ1) is 20.7. The lowest BCUT2D eigenvalue weighted by atomic mass is 10.00. The van der Waals surface area contributed by atoms with Crippen molar-refractivity contribution in [2.45, 2.75) is 57.5 Å². The maximum absolute atomic E-state index is 12.8. The van der Waals surface area contributed by atoms with Gasteiger partial charge >= 0.3 is 0 Å². The van der Waals surface area contributed by atoms with Crippen LogP contribution in [0.1, 0.15) is 35.0 Å². The number of carbonyl (C=O) groups is 1. The van der Waals surface area contributed by atoms with E-state index in [1.165, 1.54) is 11.1 Å². The van der Waals surface area contributed by atoms with Gasteiger partial charge in [-0.15, -0.1) is 5.10 Å². The van der Waals surface area contributed by atoms with Crippen LogP contribution in [0, 0.1) is 0 Å². The number of Topliss-reactive ketones (excluding diaryl/α,β-unsaturated/α-hetero) is 1. The number of hydrogen-bond acceptors (Lipinski definition) is 8. The van der Waals surface area contributed by atoms with Crippen molar-refractivity contribution in [1.29, 1.82) is 0 Å². The van der Waals surface area contributed by atoms with E-state index in [4.69, 9.17) is 9.47 Å². The highest BCUT2D eigenvalue weighted by molar-refractivity contribution is 5.87. The second-order valence-corrected chi connectivity index (χ2v) is 8.32. The highest BCUT2D eigenvalue weighted by Gasteiger charge is 2.31. The zero-order valence-electron chi connectivity index (χ0n) is 18.0. The molecule has 1 aliphatic carbocycles. The van der Waals surface area contributed by atoms with Crippen molar-refractivity contribution >= 4 is 11.7 Å². The topological polar surface area (TPSA) is 115 Å². The van der Waals surface area contributed by atoms with Crippen molar-refractivity contribution in [1.82, 2.24) is 25.4 Å². The van der Waals surface area contributed by atoms with Crippen LogP contribution in [0.3, 0.4) is 0 Å². The van der Waals surface area contributed by atoms with Crippen LogP contribution in [0.2, 0.25) is 0 Å². The molecule has 2 atom stereocenters. The average molecular weight is 435 g/mol. The van der Waals surface area contributed by atoms with Crippen LogP contribution >= 0.6 is 0 Å². The number of aromatic nitrogens is 5. The van der Waals surface area contributed by atoms with Crippen LogP contribution in [0.25, 0.3) is 0 Å². The third-order valence-electron chi connectivity index (χ3n) is 6.08. The van der Waals surface area contributed by atoms with Crippen molar-refractivity contribution in [3.05, 3.63) is 64.7 Å². The Bertz CT molecular complexity index is 1060. The van der Waals surface area contributed by atoms with Crippen molar-refractivity contribution in [3.8, 4) is 0 Å². The Morgan fingerprint density at radius 1 is 1.25 bits per heavy atom. The molecule has 9 heteroatoms. The molecule has 0 amide bonds. The number of ketones is 1. The standard InChI is InChI=1S/C23H26N6O3/c1-14(31-7-6-18-12-25-29-28-18)22(30)21-10-17-11-24-23(27-20(17)13-32-21)26-19-8-15-4-2-3-5-16(15)9-19/h2-5,11-12,14,19,21H,6-10,13H2,1H3,(H,24,26,27)(H,25,28,29)/t14-,21?/m0/s1. The van der Waals surface area contributed by atoms with E-state index in [1.807, 2.05) is 6.20 Å². The molecule has 1 aliphatic heterocycles. The summed E-state index contributed by atoms with van der Waals surface area (Å²) in [6.07, 6.45) is 5.42. The lowest BCUT2D eigenvalue weighted by molar-refractivity contribution is -0.143. The number of rotatable bonds is 8. The number of hydrogen-bond donors (Lipinski definition) is 2. The summed E-state index contributed by atoms with van der Waals surface area (Å²) >= 11 is 0. The molecule has 32 heavy (non-hydrogen) atoms. The number of anilines is 1. The third kappa shape index (κ3) is 4.53. The first-order chi connectivity index (χ1) is 15.7. The number of nitrogens with one attached hydrogen (secondary N) is 2. The van der Waals surface area contributed by atoms with Gasteiger partial charge in [0.05, 0.1) is 24.6 Å². The van der Waals surface area contributed by atoms with Crippen molar-refractivity contribution in [2.75, 3.05) is 11.9 Å². The van der Waals surface area contributed by atoms with Crippen LogP contribution in [0.15, 0.2) is 36.7 Å². The quantitative estimate of drug-likeness (QED) is 0.552. The second-order valence-electron chi connectivity index (χ2n) is 8.32. The molecule has 9 nitrogen and oxygen atoms in total. The zero-order valence-corrected chi connectivity index (χ0v) is 18.0. The number of H-pyrrole nitrogens is 1. The molecule has 1 unspecified atom stereocenters. The van der Waals surface area contributed by atoms with Gasteiger partial charge in [-0.25, -0.2) is 9.97 Å². The fraction of sp³-hybridized carbons (Fsp3) is 0.435. The minimum atomic E-state index is -0.556. The van der Waals surface area contributed by atoms with E-state index >= 15 is 0 Å². The highest BCUT2D eigenvalue weighted by atomic mass is 16.5. The number of nitrogens with zero attached hydrogens (tertiary/aromatic N) is 4. The number of aromatic amines is 1. The Hall–Kier alpha value is -3.17. The van der Waals surface area contributed by atoms with E-state index in [2.05, 4.69) is 55.0 Å². The average Bonchev–Trinajstić information content (AvgIpc) is 3.47. The fourth-order valence-electron chi connectivity index (χ4n) is 4.30. The number of carbonyl (C=O) groups excluding carboxylic acids is 1. The Morgan fingerprint density at radius 2 is 2.06 bits per heavy atom. The van der Waals surface area contributed by atoms with E-state index in [0.717, 1.165) is 29.8 Å². The highest BCUT2D eigenvalue weighted by Crippen LogP contribution is 2.25. The van der Waals surface area contributed by atoms with Gasteiger partial charge in [0.25, 0.3) is 0 Å². The molecular formula is C23H26N6O3. The summed E-state index contributed by atoms with van der Waals surface area (Å²) in [6, 6.07) is 8.80. The molecule has 1 aromatic carbocycles. The molecule has 3 heterocycles. The monoisotopic (exact) mass is 434 g/mol. The summed E-state index contributed by atoms with van der Waals surface area (Å²) < 4.78 is 11.5. The Labute approximate surface area is 186 Å². The molecule has 3 aromatic rings. The normalized spacial score (nSPS) is 18.7. The molecular weight excluding hydrogens is 408 g/mol. The molecule has 5 rings (SSSR count). The van der Waals surface area contributed by atoms with E-state index in [9.17, 15) is 4.79 Å². The van der Waals surface area contributed by atoms with Crippen molar-refractivity contribution in [2.24, 2.45) is 0 Å². The number of fused-ring (bicyclic) bond motifs is 2. The van der Waals surface area contributed by atoms with Gasteiger partial charge in [0, 0.05) is 31.3 Å². The van der Waals surface area contributed by atoms with Crippen LogP contribution in [0.5, 0.6) is 0 Å². The molecule has 0 saturated carbocycles. The third-order valence-corrected chi connectivity index (χ3v) is 6.08. The molecule has 0 fully saturated rings. The largest absolute Gasteiger partial charge is 0.370 e. The van der Waals surface area contributed by atoms with E-state index < -0.39 is 12.2 Å². The summed E-state index contributed by atoms with van der Waals surface area (Å²) in [6.45, 7) is 2.44. The van der Waals surface area contributed by atoms with Crippen LogP contribution < -0.4 is 5.32 Å². The Kier molecular flexibility index (Phi) is 5.91. The minimum Gasteiger partial charge on any atom is -0.370 e. The van der Waals surface area contributed by atoms with Gasteiger partial charge in [-0.3, -0.25) is 9.89 Å². The molecule has 0 bridgehead atoms. The van der Waals surface area contributed by atoms with E-state index in [0.29, 0.717) is 38.0 Å². The molecule has 2 aromatic heterocycles. The van der Waals surface area contributed by atoms with Gasteiger partial charge in [-0.05, 0) is 36.5 Å². The maximum atomic E-state index is 12.8. The smallest absolute Gasteiger partial charge is 0.223 e. The van der Waals surface area contributed by atoms with E-state index in [-0.39, 0.29) is 5.78 Å². The fourth-order valence-corrected chi connectivity index (χ4v) is 4.30. The summed E-state index contributed by atoms with van der Waals surface area (Å²) in [4.78, 5) is 21.9. The van der Waals surface area contributed by atoms with E-state index in [1.54, 1.807) is 13.1 Å². The molecule has 166 valence electrons. The number of ether oxygens (including phenoxy) is 2. The predicted molar refractivity (Wildman–Crippen MR) is 116 cm³/mol. The lowest BCUT2D eigenvalue weighted by Crippen LogP contribution is -2.38.